The van der Waals surface area contributed by atoms with Crippen LogP contribution in [0, 0.1) is 0 Å². The highest BCUT2D eigenvalue weighted by Gasteiger charge is 2.38. The molecule has 0 unspecified atom stereocenters. The second kappa shape index (κ2) is 8.81. The SMILES string of the molecule is CC1(C)C(=O)NCCN1CC(=O)Nc1ccc(S(=O)(=O)N2CCCCCC2)cc1. The third kappa shape index (κ3) is 4.96. The van der Waals surface area contributed by atoms with E-state index in [1.165, 1.54) is 12.1 Å². The van der Waals surface area contributed by atoms with Gasteiger partial charge in [0, 0.05) is 31.9 Å². The molecule has 8 nitrogen and oxygen atoms in total. The molecule has 0 atom stereocenters. The van der Waals surface area contributed by atoms with Crippen molar-refractivity contribution < 1.29 is 18.0 Å². The Balaban J connectivity index is 1.63. The minimum Gasteiger partial charge on any atom is -0.353 e. The molecule has 2 N–H and O–H groups in total. The van der Waals surface area contributed by atoms with Crippen molar-refractivity contribution >= 4 is 27.5 Å². The van der Waals surface area contributed by atoms with Gasteiger partial charge < -0.3 is 10.6 Å². The smallest absolute Gasteiger partial charge is 0.243 e. The summed E-state index contributed by atoms with van der Waals surface area (Å²) in [6.07, 6.45) is 3.90. The van der Waals surface area contributed by atoms with Gasteiger partial charge in [0.1, 0.15) is 0 Å². The summed E-state index contributed by atoms with van der Waals surface area (Å²) in [5, 5.41) is 5.59. The minimum atomic E-state index is -3.51. The molecule has 2 fully saturated rings. The zero-order chi connectivity index (χ0) is 21.1. The van der Waals surface area contributed by atoms with Crippen molar-refractivity contribution in [2.45, 2.75) is 50.0 Å². The van der Waals surface area contributed by atoms with Crippen LogP contribution in [0.3, 0.4) is 0 Å². The van der Waals surface area contributed by atoms with Crippen molar-refractivity contribution in [1.82, 2.24) is 14.5 Å². The van der Waals surface area contributed by atoms with Crippen LogP contribution in [-0.4, -0.2) is 67.7 Å². The number of hydrogen-bond donors (Lipinski definition) is 2. The fraction of sp³-hybridized carbons (Fsp3) is 0.600. The van der Waals surface area contributed by atoms with E-state index in [0.29, 0.717) is 31.9 Å². The molecule has 29 heavy (non-hydrogen) atoms. The lowest BCUT2D eigenvalue weighted by atomic mass is 9.99. The van der Waals surface area contributed by atoms with E-state index in [2.05, 4.69) is 10.6 Å². The zero-order valence-electron chi connectivity index (χ0n) is 17.1. The first-order valence-electron chi connectivity index (χ1n) is 10.1. The minimum absolute atomic E-state index is 0.0915. The van der Waals surface area contributed by atoms with Crippen LogP contribution in [0.4, 0.5) is 5.69 Å². The normalized spacial score (nSPS) is 21.2. The number of piperazine rings is 1. The van der Waals surface area contributed by atoms with Crippen LogP contribution in [-0.2, 0) is 19.6 Å². The molecule has 0 radical (unpaired) electrons. The van der Waals surface area contributed by atoms with Gasteiger partial charge in [-0.25, -0.2) is 8.42 Å². The van der Waals surface area contributed by atoms with E-state index < -0.39 is 15.6 Å². The molecular formula is C20H30N4O4S. The summed E-state index contributed by atoms with van der Waals surface area (Å²) in [5.41, 5.74) is -0.218. The highest BCUT2D eigenvalue weighted by molar-refractivity contribution is 7.89. The predicted octanol–water partition coefficient (Wildman–Crippen LogP) is 1.40. The van der Waals surface area contributed by atoms with Crippen LogP contribution in [0.5, 0.6) is 0 Å². The quantitative estimate of drug-likeness (QED) is 0.747. The van der Waals surface area contributed by atoms with Crippen molar-refractivity contribution in [2.75, 3.05) is 38.0 Å². The summed E-state index contributed by atoms with van der Waals surface area (Å²) in [6.45, 7) is 5.89. The third-order valence-electron chi connectivity index (χ3n) is 5.69. The highest BCUT2D eigenvalue weighted by atomic mass is 32.2. The molecule has 2 saturated heterocycles. The molecule has 0 aliphatic carbocycles. The first-order valence-corrected chi connectivity index (χ1v) is 11.6. The molecule has 3 rings (SSSR count). The molecule has 0 bridgehead atoms. The highest BCUT2D eigenvalue weighted by Crippen LogP contribution is 2.22. The summed E-state index contributed by atoms with van der Waals surface area (Å²) in [7, 11) is -3.51. The van der Waals surface area contributed by atoms with Crippen molar-refractivity contribution in [3.63, 3.8) is 0 Å². The number of hydrogen-bond acceptors (Lipinski definition) is 5. The Morgan fingerprint density at radius 2 is 1.69 bits per heavy atom. The fourth-order valence-corrected chi connectivity index (χ4v) is 5.25. The lowest BCUT2D eigenvalue weighted by molar-refractivity contribution is -0.136. The Hall–Kier alpha value is -1.97. The monoisotopic (exact) mass is 422 g/mol. The molecule has 1 aromatic rings. The molecule has 2 aliphatic heterocycles. The molecule has 160 valence electrons. The maximum Gasteiger partial charge on any atom is 0.243 e. The van der Waals surface area contributed by atoms with E-state index in [0.717, 1.165) is 25.7 Å². The molecular weight excluding hydrogens is 392 g/mol. The van der Waals surface area contributed by atoms with E-state index in [9.17, 15) is 18.0 Å². The van der Waals surface area contributed by atoms with Crippen LogP contribution in [0.15, 0.2) is 29.2 Å². The molecule has 9 heteroatoms. The van der Waals surface area contributed by atoms with Crippen LogP contribution in [0.25, 0.3) is 0 Å². The van der Waals surface area contributed by atoms with Crippen molar-refractivity contribution in [3.8, 4) is 0 Å². The van der Waals surface area contributed by atoms with E-state index in [1.807, 2.05) is 4.90 Å². The number of anilines is 1. The number of nitrogens with zero attached hydrogens (tertiary/aromatic N) is 2. The summed E-state index contributed by atoms with van der Waals surface area (Å²) in [4.78, 5) is 26.5. The maximum atomic E-state index is 12.8. The van der Waals surface area contributed by atoms with Gasteiger partial charge in [-0.15, -0.1) is 0 Å². The largest absolute Gasteiger partial charge is 0.353 e. The average molecular weight is 423 g/mol. The summed E-state index contributed by atoms with van der Waals surface area (Å²) < 4.78 is 27.2. The molecule has 0 spiro atoms. The van der Waals surface area contributed by atoms with Crippen molar-refractivity contribution in [1.29, 1.82) is 0 Å². The summed E-state index contributed by atoms with van der Waals surface area (Å²) in [5.74, 6) is -0.337. The lowest BCUT2D eigenvalue weighted by Gasteiger charge is -2.40. The second-order valence-corrected chi connectivity index (χ2v) is 10.1. The molecule has 0 aromatic heterocycles. The number of amides is 2. The van der Waals surface area contributed by atoms with Crippen LogP contribution in [0.1, 0.15) is 39.5 Å². The van der Waals surface area contributed by atoms with E-state index in [-0.39, 0.29) is 23.3 Å². The number of benzene rings is 1. The Bertz CT molecular complexity index is 844. The molecule has 0 saturated carbocycles. The van der Waals surface area contributed by atoms with E-state index in [1.54, 1.807) is 30.3 Å². The number of nitrogens with one attached hydrogen (secondary N) is 2. The first kappa shape index (κ1) is 21.7. The van der Waals surface area contributed by atoms with Crippen molar-refractivity contribution in [2.24, 2.45) is 0 Å². The standard InChI is InChI=1S/C20H30N4O4S/c1-20(2)19(26)21-11-14-23(20)15-18(25)22-16-7-9-17(10-8-16)29(27,28)24-12-5-3-4-6-13-24/h7-10H,3-6,11-15H2,1-2H3,(H,21,26)(H,22,25). The molecule has 2 amide bonds. The first-order chi connectivity index (χ1) is 13.7. The van der Waals surface area contributed by atoms with E-state index >= 15 is 0 Å². The van der Waals surface area contributed by atoms with Crippen LogP contribution < -0.4 is 10.6 Å². The van der Waals surface area contributed by atoms with E-state index in [4.69, 9.17) is 0 Å². The van der Waals surface area contributed by atoms with Gasteiger partial charge in [0.25, 0.3) is 0 Å². The lowest BCUT2D eigenvalue weighted by Crippen LogP contribution is -2.62. The average Bonchev–Trinajstić information content (AvgIpc) is 2.96. The summed E-state index contributed by atoms with van der Waals surface area (Å²) >= 11 is 0. The fourth-order valence-electron chi connectivity index (χ4n) is 3.74. The van der Waals surface area contributed by atoms with Gasteiger partial charge in [0.2, 0.25) is 21.8 Å². The van der Waals surface area contributed by atoms with Gasteiger partial charge in [-0.2, -0.15) is 4.31 Å². The predicted molar refractivity (Wildman–Crippen MR) is 111 cm³/mol. The van der Waals surface area contributed by atoms with Gasteiger partial charge in [-0.1, -0.05) is 12.8 Å². The molecule has 2 heterocycles. The van der Waals surface area contributed by atoms with Crippen LogP contribution >= 0.6 is 0 Å². The Kier molecular flexibility index (Phi) is 6.60. The van der Waals surface area contributed by atoms with Gasteiger partial charge in [-0.3, -0.25) is 14.5 Å². The Labute approximate surface area is 172 Å². The maximum absolute atomic E-state index is 12.8. The number of carbonyl (C=O) groups excluding carboxylic acids is 2. The molecule has 2 aliphatic rings. The topological polar surface area (TPSA) is 98.8 Å². The third-order valence-corrected chi connectivity index (χ3v) is 7.60. The van der Waals surface area contributed by atoms with Gasteiger partial charge in [-0.05, 0) is 51.0 Å². The van der Waals surface area contributed by atoms with Gasteiger partial charge in [0.05, 0.1) is 17.0 Å². The van der Waals surface area contributed by atoms with Crippen LogP contribution in [0.2, 0.25) is 0 Å². The Morgan fingerprint density at radius 3 is 2.31 bits per heavy atom. The van der Waals surface area contributed by atoms with Gasteiger partial charge >= 0.3 is 0 Å². The number of sulfonamides is 1. The number of carbonyl (C=O) groups is 2. The Morgan fingerprint density at radius 1 is 1.07 bits per heavy atom. The van der Waals surface area contributed by atoms with Crippen molar-refractivity contribution in [3.05, 3.63) is 24.3 Å². The second-order valence-electron chi connectivity index (χ2n) is 8.13. The zero-order valence-corrected chi connectivity index (χ0v) is 17.9. The molecule has 1 aromatic carbocycles. The van der Waals surface area contributed by atoms with Gasteiger partial charge in [0.15, 0.2) is 0 Å². The summed E-state index contributed by atoms with van der Waals surface area (Å²) in [6, 6.07) is 6.29. The number of rotatable bonds is 5.